The van der Waals surface area contributed by atoms with Crippen LogP contribution < -0.4 is 0 Å². The number of fused-ring (bicyclic) bond motifs is 6. The summed E-state index contributed by atoms with van der Waals surface area (Å²) in [6.45, 7) is 0. The van der Waals surface area contributed by atoms with Crippen LogP contribution in [0, 0.1) is 0 Å². The van der Waals surface area contributed by atoms with Crippen LogP contribution in [0.4, 0.5) is 0 Å². The van der Waals surface area contributed by atoms with Gasteiger partial charge in [0.05, 0.1) is 17.3 Å². The first-order valence-electron chi connectivity index (χ1n) is 13.1. The lowest BCUT2D eigenvalue weighted by molar-refractivity contribution is 0.654. The molecule has 6 aromatic carbocycles. The molecule has 0 N–H and O–H groups in total. The Labute approximate surface area is 225 Å². The number of furan rings is 1. The molecule has 8 aromatic rings. The summed E-state index contributed by atoms with van der Waals surface area (Å²) >= 11 is 0. The Morgan fingerprint density at radius 2 is 1.13 bits per heavy atom. The molecule has 0 saturated heterocycles. The average Bonchev–Trinajstić information content (AvgIpc) is 3.39. The van der Waals surface area contributed by atoms with E-state index in [-0.39, 0.29) is 0 Å². The fourth-order valence-electron chi connectivity index (χ4n) is 5.54. The summed E-state index contributed by atoms with van der Waals surface area (Å²) in [5.74, 6) is 0. The van der Waals surface area contributed by atoms with E-state index < -0.39 is 0 Å². The summed E-state index contributed by atoms with van der Waals surface area (Å²) in [6, 6.07) is 44.7. The van der Waals surface area contributed by atoms with Crippen molar-refractivity contribution < 1.29 is 4.42 Å². The van der Waals surface area contributed by atoms with Crippen molar-refractivity contribution in [3.8, 4) is 33.5 Å². The SMILES string of the molecule is c1cc(-c2cccc(-c3cnc4c(n3)oc3ccc5ccccc5c34)c2)cc(-c2ccc3ccccc3c2)c1. The third-order valence-electron chi connectivity index (χ3n) is 7.51. The van der Waals surface area contributed by atoms with Gasteiger partial charge in [0.1, 0.15) is 11.1 Å². The molecule has 0 saturated carbocycles. The lowest BCUT2D eigenvalue weighted by Crippen LogP contribution is -1.88. The molecule has 2 aromatic heterocycles. The number of hydrogen-bond acceptors (Lipinski definition) is 3. The summed E-state index contributed by atoms with van der Waals surface area (Å²) in [5.41, 5.74) is 8.65. The normalized spacial score (nSPS) is 11.6. The van der Waals surface area contributed by atoms with Crippen molar-refractivity contribution in [2.45, 2.75) is 0 Å². The van der Waals surface area contributed by atoms with Gasteiger partial charge in [-0.05, 0) is 68.1 Å². The van der Waals surface area contributed by atoms with Crippen LogP contribution in [-0.2, 0) is 0 Å². The molecule has 2 heterocycles. The second-order valence-electron chi connectivity index (χ2n) is 9.89. The smallest absolute Gasteiger partial charge is 0.246 e. The highest BCUT2D eigenvalue weighted by molar-refractivity contribution is 6.16. The molecule has 0 fully saturated rings. The van der Waals surface area contributed by atoms with E-state index in [1.54, 1.807) is 0 Å². The topological polar surface area (TPSA) is 38.9 Å². The summed E-state index contributed by atoms with van der Waals surface area (Å²) in [7, 11) is 0. The number of aromatic nitrogens is 2. The molecule has 0 atom stereocenters. The van der Waals surface area contributed by atoms with Crippen molar-refractivity contribution in [3.05, 3.63) is 134 Å². The minimum absolute atomic E-state index is 0.558. The van der Waals surface area contributed by atoms with Gasteiger partial charge in [0.2, 0.25) is 5.71 Å². The maximum absolute atomic E-state index is 6.16. The molecule has 0 aliphatic rings. The van der Waals surface area contributed by atoms with Crippen LogP contribution in [0.15, 0.2) is 138 Å². The zero-order valence-electron chi connectivity index (χ0n) is 21.0. The molecule has 0 bridgehead atoms. The highest BCUT2D eigenvalue weighted by Crippen LogP contribution is 2.35. The highest BCUT2D eigenvalue weighted by atomic mass is 16.3. The molecule has 0 radical (unpaired) electrons. The maximum atomic E-state index is 6.16. The number of benzene rings is 6. The van der Waals surface area contributed by atoms with E-state index in [0.29, 0.717) is 5.71 Å². The van der Waals surface area contributed by atoms with Gasteiger partial charge in [-0.1, -0.05) is 103 Å². The van der Waals surface area contributed by atoms with Crippen molar-refractivity contribution in [2.75, 3.05) is 0 Å². The molecule has 0 aliphatic carbocycles. The van der Waals surface area contributed by atoms with Crippen LogP contribution in [0.5, 0.6) is 0 Å². The molecule has 8 rings (SSSR count). The van der Waals surface area contributed by atoms with Gasteiger partial charge in [0.15, 0.2) is 0 Å². The fraction of sp³-hybridized carbons (Fsp3) is 0. The van der Waals surface area contributed by atoms with E-state index in [0.717, 1.165) is 49.6 Å². The van der Waals surface area contributed by atoms with Gasteiger partial charge in [-0.2, -0.15) is 0 Å². The molecule has 39 heavy (non-hydrogen) atoms. The molecule has 0 aliphatic heterocycles. The van der Waals surface area contributed by atoms with Gasteiger partial charge in [-0.15, -0.1) is 0 Å². The lowest BCUT2D eigenvalue weighted by Gasteiger charge is -2.09. The van der Waals surface area contributed by atoms with E-state index >= 15 is 0 Å². The van der Waals surface area contributed by atoms with E-state index in [1.807, 2.05) is 24.4 Å². The lowest BCUT2D eigenvalue weighted by atomic mass is 9.96. The van der Waals surface area contributed by atoms with Crippen LogP contribution in [0.1, 0.15) is 0 Å². The molecule has 182 valence electrons. The molecule has 0 unspecified atom stereocenters. The van der Waals surface area contributed by atoms with Gasteiger partial charge in [0.25, 0.3) is 0 Å². The van der Waals surface area contributed by atoms with E-state index in [2.05, 4.69) is 109 Å². The van der Waals surface area contributed by atoms with Crippen molar-refractivity contribution >= 4 is 43.7 Å². The fourth-order valence-corrected chi connectivity index (χ4v) is 5.54. The van der Waals surface area contributed by atoms with Crippen molar-refractivity contribution in [1.29, 1.82) is 0 Å². The zero-order chi connectivity index (χ0) is 25.8. The standard InChI is InChI=1S/C36H22N2O/c1-2-9-25-19-29(16-15-23(25)7-1)27-11-5-10-26(20-27)28-12-6-13-30(21-28)32-22-37-35-34-31-14-4-3-8-24(31)17-18-33(34)39-36(35)38-32/h1-22H. The van der Waals surface area contributed by atoms with Crippen molar-refractivity contribution in [1.82, 2.24) is 9.97 Å². The van der Waals surface area contributed by atoms with E-state index in [1.165, 1.54) is 21.9 Å². The Kier molecular flexibility index (Phi) is 4.82. The first-order valence-corrected chi connectivity index (χ1v) is 13.1. The third kappa shape index (κ3) is 3.67. The quantitative estimate of drug-likeness (QED) is 0.243. The number of hydrogen-bond donors (Lipinski definition) is 0. The summed E-state index contributed by atoms with van der Waals surface area (Å²) < 4.78 is 6.16. The first-order chi connectivity index (χ1) is 19.3. The van der Waals surface area contributed by atoms with Crippen LogP contribution in [0.25, 0.3) is 77.3 Å². The molecular formula is C36H22N2O. The van der Waals surface area contributed by atoms with Crippen molar-refractivity contribution in [2.24, 2.45) is 0 Å². The predicted molar refractivity (Wildman–Crippen MR) is 161 cm³/mol. The molecular weight excluding hydrogens is 476 g/mol. The van der Waals surface area contributed by atoms with E-state index in [4.69, 9.17) is 14.4 Å². The summed E-state index contributed by atoms with van der Waals surface area (Å²) in [6.07, 6.45) is 1.85. The number of rotatable bonds is 3. The minimum Gasteiger partial charge on any atom is -0.436 e. The van der Waals surface area contributed by atoms with Gasteiger partial charge in [-0.25, -0.2) is 9.97 Å². The van der Waals surface area contributed by atoms with Gasteiger partial charge >= 0.3 is 0 Å². The van der Waals surface area contributed by atoms with Crippen molar-refractivity contribution in [3.63, 3.8) is 0 Å². The van der Waals surface area contributed by atoms with E-state index in [9.17, 15) is 0 Å². The Balaban J connectivity index is 1.19. The maximum Gasteiger partial charge on any atom is 0.246 e. The summed E-state index contributed by atoms with van der Waals surface area (Å²) in [5, 5.41) is 5.80. The monoisotopic (exact) mass is 498 g/mol. The largest absolute Gasteiger partial charge is 0.436 e. The molecule has 0 spiro atoms. The van der Waals surface area contributed by atoms with Gasteiger partial charge in [0, 0.05) is 5.56 Å². The van der Waals surface area contributed by atoms with Gasteiger partial charge < -0.3 is 4.42 Å². The Bertz CT molecular complexity index is 2190. The second kappa shape index (κ2) is 8.64. The van der Waals surface area contributed by atoms with Gasteiger partial charge in [-0.3, -0.25) is 0 Å². The molecule has 0 amide bonds. The average molecular weight is 499 g/mol. The Morgan fingerprint density at radius 3 is 1.95 bits per heavy atom. The molecule has 3 nitrogen and oxygen atoms in total. The third-order valence-corrected chi connectivity index (χ3v) is 7.51. The van der Waals surface area contributed by atoms with Crippen LogP contribution in [-0.4, -0.2) is 9.97 Å². The molecule has 3 heteroatoms. The second-order valence-corrected chi connectivity index (χ2v) is 9.89. The summed E-state index contributed by atoms with van der Waals surface area (Å²) in [4.78, 5) is 9.71. The van der Waals surface area contributed by atoms with Crippen LogP contribution in [0.3, 0.4) is 0 Å². The Morgan fingerprint density at radius 1 is 0.487 bits per heavy atom. The minimum atomic E-state index is 0.558. The zero-order valence-corrected chi connectivity index (χ0v) is 21.0. The van der Waals surface area contributed by atoms with Crippen LogP contribution in [0.2, 0.25) is 0 Å². The predicted octanol–water partition coefficient (Wildman–Crippen LogP) is 9.68. The highest BCUT2D eigenvalue weighted by Gasteiger charge is 2.14. The Hall–Kier alpha value is -5.28. The van der Waals surface area contributed by atoms with Crippen LogP contribution >= 0.6 is 0 Å². The first kappa shape index (κ1) is 21.8. The number of nitrogens with zero attached hydrogens (tertiary/aromatic N) is 2.